The summed E-state index contributed by atoms with van der Waals surface area (Å²) in [5, 5.41) is 11.7. The number of nitrogens with one attached hydrogen (secondary N) is 2. The minimum absolute atomic E-state index is 0.133. The van der Waals surface area contributed by atoms with Crippen molar-refractivity contribution in [1.82, 2.24) is 9.97 Å². The van der Waals surface area contributed by atoms with Gasteiger partial charge in [-0.05, 0) is 17.0 Å². The molecule has 6 heteroatoms. The number of carbonyl (C=O) groups is 2. The largest absolute Gasteiger partial charge is 0.477 e. The molecule has 2 aromatic rings. The number of rotatable bonds is 3. The van der Waals surface area contributed by atoms with E-state index in [1.165, 1.54) is 6.33 Å². The Bertz CT molecular complexity index is 683. The molecule has 0 bridgehead atoms. The standard InChI is InChI=1S/C15H17N3O3/c1-15(2,3)9-6-4-5-7-10(9)18-13(19)11-12(14(20)21)17-8-16-11/h4-8H,1-3H3,(H,16,17)(H,18,19)(H,20,21). The second-order valence-corrected chi connectivity index (χ2v) is 5.68. The number of aromatic amines is 1. The summed E-state index contributed by atoms with van der Waals surface area (Å²) in [6.07, 6.45) is 1.19. The van der Waals surface area contributed by atoms with Crippen molar-refractivity contribution in [2.24, 2.45) is 0 Å². The molecule has 2 rings (SSSR count). The molecule has 1 amide bonds. The topological polar surface area (TPSA) is 95.1 Å². The van der Waals surface area contributed by atoms with Crippen molar-refractivity contribution >= 4 is 17.6 Å². The molecule has 0 unspecified atom stereocenters. The van der Waals surface area contributed by atoms with Gasteiger partial charge in [-0.1, -0.05) is 39.0 Å². The van der Waals surface area contributed by atoms with Crippen LogP contribution in [-0.4, -0.2) is 27.0 Å². The predicted molar refractivity (Wildman–Crippen MR) is 78.6 cm³/mol. The van der Waals surface area contributed by atoms with E-state index in [1.807, 2.05) is 39.0 Å². The molecule has 0 radical (unpaired) electrons. The summed E-state index contributed by atoms with van der Waals surface area (Å²) >= 11 is 0. The molecule has 1 aromatic heterocycles. The maximum atomic E-state index is 12.2. The molecular weight excluding hydrogens is 270 g/mol. The zero-order valence-electron chi connectivity index (χ0n) is 12.1. The third-order valence-corrected chi connectivity index (χ3v) is 3.05. The lowest BCUT2D eigenvalue weighted by molar-refractivity contribution is 0.0686. The van der Waals surface area contributed by atoms with E-state index in [4.69, 9.17) is 5.11 Å². The number of H-pyrrole nitrogens is 1. The lowest BCUT2D eigenvalue weighted by atomic mass is 9.86. The Labute approximate surface area is 122 Å². The van der Waals surface area contributed by atoms with E-state index in [1.54, 1.807) is 6.07 Å². The Morgan fingerprint density at radius 3 is 2.52 bits per heavy atom. The van der Waals surface area contributed by atoms with E-state index < -0.39 is 11.9 Å². The molecule has 21 heavy (non-hydrogen) atoms. The Kier molecular flexibility index (Phi) is 3.80. The fourth-order valence-electron chi connectivity index (χ4n) is 2.06. The Balaban J connectivity index is 2.33. The normalized spacial score (nSPS) is 11.2. The van der Waals surface area contributed by atoms with E-state index in [-0.39, 0.29) is 16.8 Å². The summed E-state index contributed by atoms with van der Waals surface area (Å²) in [5.74, 6) is -1.77. The number of benzene rings is 1. The van der Waals surface area contributed by atoms with Gasteiger partial charge in [0.25, 0.3) is 5.91 Å². The first-order valence-corrected chi connectivity index (χ1v) is 6.48. The molecular formula is C15H17N3O3. The molecule has 0 atom stereocenters. The number of hydrogen-bond acceptors (Lipinski definition) is 3. The summed E-state index contributed by atoms with van der Waals surface area (Å²) < 4.78 is 0. The Morgan fingerprint density at radius 1 is 1.24 bits per heavy atom. The third kappa shape index (κ3) is 3.10. The van der Waals surface area contributed by atoms with Crippen molar-refractivity contribution in [3.8, 4) is 0 Å². The van der Waals surface area contributed by atoms with Gasteiger partial charge in [0.2, 0.25) is 0 Å². The molecule has 0 aliphatic carbocycles. The molecule has 110 valence electrons. The number of nitrogens with zero attached hydrogens (tertiary/aromatic N) is 1. The van der Waals surface area contributed by atoms with Gasteiger partial charge in [0.05, 0.1) is 6.33 Å². The summed E-state index contributed by atoms with van der Waals surface area (Å²) in [6.45, 7) is 6.11. The van der Waals surface area contributed by atoms with Gasteiger partial charge in [0, 0.05) is 5.69 Å². The van der Waals surface area contributed by atoms with E-state index >= 15 is 0 Å². The van der Waals surface area contributed by atoms with Crippen LogP contribution in [0.2, 0.25) is 0 Å². The van der Waals surface area contributed by atoms with Gasteiger partial charge in [0.15, 0.2) is 11.4 Å². The van der Waals surface area contributed by atoms with Gasteiger partial charge in [-0.25, -0.2) is 9.78 Å². The Hall–Kier alpha value is -2.63. The second kappa shape index (κ2) is 5.40. The Morgan fingerprint density at radius 2 is 1.90 bits per heavy atom. The highest BCUT2D eigenvalue weighted by molar-refractivity contribution is 6.08. The molecule has 6 nitrogen and oxygen atoms in total. The smallest absolute Gasteiger partial charge is 0.354 e. The fraction of sp³-hybridized carbons (Fsp3) is 0.267. The highest BCUT2D eigenvalue weighted by Crippen LogP contribution is 2.29. The van der Waals surface area contributed by atoms with Crippen LogP contribution >= 0.6 is 0 Å². The maximum Gasteiger partial charge on any atom is 0.354 e. The van der Waals surface area contributed by atoms with Gasteiger partial charge >= 0.3 is 5.97 Å². The molecule has 1 aromatic carbocycles. The van der Waals surface area contributed by atoms with E-state index in [9.17, 15) is 9.59 Å². The van der Waals surface area contributed by atoms with Crippen LogP contribution < -0.4 is 5.32 Å². The molecule has 0 spiro atoms. The maximum absolute atomic E-state index is 12.2. The van der Waals surface area contributed by atoms with Gasteiger partial charge in [-0.3, -0.25) is 4.79 Å². The summed E-state index contributed by atoms with van der Waals surface area (Å²) in [5.41, 5.74) is 1.11. The first-order valence-electron chi connectivity index (χ1n) is 6.48. The molecule has 0 fully saturated rings. The van der Waals surface area contributed by atoms with Crippen LogP contribution in [-0.2, 0) is 5.41 Å². The van der Waals surface area contributed by atoms with Gasteiger partial charge in [-0.2, -0.15) is 0 Å². The number of imidazole rings is 1. The quantitative estimate of drug-likeness (QED) is 0.808. The third-order valence-electron chi connectivity index (χ3n) is 3.05. The van der Waals surface area contributed by atoms with Gasteiger partial charge < -0.3 is 15.4 Å². The second-order valence-electron chi connectivity index (χ2n) is 5.68. The molecule has 1 heterocycles. The number of anilines is 1. The number of carboxylic acid groups (broad SMARTS) is 1. The number of aromatic nitrogens is 2. The summed E-state index contributed by atoms with van der Waals surface area (Å²) in [6, 6.07) is 7.42. The zero-order chi connectivity index (χ0) is 15.6. The number of carbonyl (C=O) groups excluding carboxylic acids is 1. The number of carboxylic acids is 1. The lowest BCUT2D eigenvalue weighted by Gasteiger charge is -2.22. The average molecular weight is 287 g/mol. The van der Waals surface area contributed by atoms with Crippen molar-refractivity contribution in [2.75, 3.05) is 5.32 Å². The van der Waals surface area contributed by atoms with Crippen LogP contribution in [0.3, 0.4) is 0 Å². The molecule has 3 N–H and O–H groups in total. The highest BCUT2D eigenvalue weighted by atomic mass is 16.4. The van der Waals surface area contributed by atoms with Crippen molar-refractivity contribution in [2.45, 2.75) is 26.2 Å². The minimum Gasteiger partial charge on any atom is -0.477 e. The molecule has 0 saturated carbocycles. The lowest BCUT2D eigenvalue weighted by Crippen LogP contribution is -2.20. The molecule has 0 aliphatic heterocycles. The van der Waals surface area contributed by atoms with Crippen LogP contribution in [0.1, 0.15) is 47.3 Å². The first kappa shape index (κ1) is 14.8. The predicted octanol–water partition coefficient (Wildman–Crippen LogP) is 2.66. The SMILES string of the molecule is CC(C)(C)c1ccccc1NC(=O)c1nc[nH]c1C(=O)O. The fourth-order valence-corrected chi connectivity index (χ4v) is 2.06. The van der Waals surface area contributed by atoms with Crippen molar-refractivity contribution in [1.29, 1.82) is 0 Å². The van der Waals surface area contributed by atoms with Crippen LogP contribution in [0.5, 0.6) is 0 Å². The number of para-hydroxylation sites is 1. The van der Waals surface area contributed by atoms with Crippen LogP contribution in [0.4, 0.5) is 5.69 Å². The van der Waals surface area contributed by atoms with Crippen LogP contribution in [0, 0.1) is 0 Å². The highest BCUT2D eigenvalue weighted by Gasteiger charge is 2.23. The van der Waals surface area contributed by atoms with E-state index in [0.717, 1.165) is 5.56 Å². The number of aromatic carboxylic acids is 1. The molecule has 0 saturated heterocycles. The number of hydrogen-bond donors (Lipinski definition) is 3. The van der Waals surface area contributed by atoms with Crippen molar-refractivity contribution in [3.63, 3.8) is 0 Å². The molecule has 0 aliphatic rings. The summed E-state index contributed by atoms with van der Waals surface area (Å²) in [4.78, 5) is 29.5. The van der Waals surface area contributed by atoms with Crippen molar-refractivity contribution in [3.05, 3.63) is 47.5 Å². The van der Waals surface area contributed by atoms with E-state index in [2.05, 4.69) is 15.3 Å². The average Bonchev–Trinajstić information content (AvgIpc) is 2.87. The van der Waals surface area contributed by atoms with Crippen molar-refractivity contribution < 1.29 is 14.7 Å². The monoisotopic (exact) mass is 287 g/mol. The van der Waals surface area contributed by atoms with Gasteiger partial charge in [-0.15, -0.1) is 0 Å². The first-order chi connectivity index (χ1) is 9.80. The minimum atomic E-state index is -1.22. The number of amides is 1. The van der Waals surface area contributed by atoms with E-state index in [0.29, 0.717) is 5.69 Å². The van der Waals surface area contributed by atoms with Gasteiger partial charge in [0.1, 0.15) is 0 Å². The van der Waals surface area contributed by atoms with Crippen LogP contribution in [0.25, 0.3) is 0 Å². The zero-order valence-corrected chi connectivity index (χ0v) is 12.1. The van der Waals surface area contributed by atoms with Crippen LogP contribution in [0.15, 0.2) is 30.6 Å². The summed E-state index contributed by atoms with van der Waals surface area (Å²) in [7, 11) is 0.